The van der Waals surface area contributed by atoms with Gasteiger partial charge in [0.15, 0.2) is 0 Å². The van der Waals surface area contributed by atoms with E-state index in [1.165, 1.54) is 37.9 Å². The van der Waals surface area contributed by atoms with Crippen LogP contribution in [0.15, 0.2) is 24.3 Å². The van der Waals surface area contributed by atoms with Gasteiger partial charge in [-0.3, -0.25) is 0 Å². The van der Waals surface area contributed by atoms with Gasteiger partial charge in [0.1, 0.15) is 5.82 Å². The van der Waals surface area contributed by atoms with Crippen LogP contribution in [0.2, 0.25) is 0 Å². The van der Waals surface area contributed by atoms with Crippen LogP contribution in [-0.4, -0.2) is 34.1 Å². The molecule has 0 saturated carbocycles. The van der Waals surface area contributed by atoms with Crippen LogP contribution in [0, 0.1) is 0 Å². The van der Waals surface area contributed by atoms with E-state index in [0.717, 1.165) is 24.4 Å². The molecule has 0 spiro atoms. The molecule has 0 amide bonds. The van der Waals surface area contributed by atoms with Crippen LogP contribution in [0.25, 0.3) is 11.0 Å². The second-order valence-electron chi connectivity index (χ2n) is 5.20. The predicted molar refractivity (Wildman–Crippen MR) is 79.6 cm³/mol. The summed E-state index contributed by atoms with van der Waals surface area (Å²) in [4.78, 5) is 7.16. The molecule has 0 radical (unpaired) electrons. The van der Waals surface area contributed by atoms with E-state index in [2.05, 4.69) is 32.7 Å². The number of hydrogen-bond donors (Lipinski definition) is 0. The van der Waals surface area contributed by atoms with Crippen LogP contribution in [0.4, 0.5) is 0 Å². The molecular weight excluding hydrogens is 258 g/mol. The SMILES string of the molecule is ClCc1nc2ccccc2n1CCN1CCCCC1. The summed E-state index contributed by atoms with van der Waals surface area (Å²) >= 11 is 6.03. The number of fused-ring (bicyclic) bond motifs is 1. The minimum atomic E-state index is 0.481. The molecule has 1 aliphatic heterocycles. The van der Waals surface area contributed by atoms with Crippen LogP contribution in [0.1, 0.15) is 25.1 Å². The number of halogens is 1. The van der Waals surface area contributed by atoms with E-state index < -0.39 is 0 Å². The Labute approximate surface area is 119 Å². The summed E-state index contributed by atoms with van der Waals surface area (Å²) in [6.07, 6.45) is 4.07. The van der Waals surface area contributed by atoms with Gasteiger partial charge in [0.25, 0.3) is 0 Å². The van der Waals surface area contributed by atoms with Gasteiger partial charge in [-0.05, 0) is 38.1 Å². The number of nitrogens with zero attached hydrogens (tertiary/aromatic N) is 3. The van der Waals surface area contributed by atoms with Gasteiger partial charge in [-0.25, -0.2) is 4.98 Å². The monoisotopic (exact) mass is 277 g/mol. The molecule has 0 atom stereocenters. The number of imidazole rings is 1. The molecule has 0 unspecified atom stereocenters. The Hall–Kier alpha value is -1.06. The minimum absolute atomic E-state index is 0.481. The number of para-hydroxylation sites is 2. The molecule has 0 bridgehead atoms. The second kappa shape index (κ2) is 5.93. The highest BCUT2D eigenvalue weighted by molar-refractivity contribution is 6.16. The summed E-state index contributed by atoms with van der Waals surface area (Å²) < 4.78 is 2.27. The third-order valence-corrected chi connectivity index (χ3v) is 4.18. The predicted octanol–water partition coefficient (Wildman–Crippen LogP) is 3.26. The number of likely N-dealkylation sites (tertiary alicyclic amines) is 1. The van der Waals surface area contributed by atoms with Gasteiger partial charge in [0, 0.05) is 13.1 Å². The Kier molecular flexibility index (Phi) is 4.04. The van der Waals surface area contributed by atoms with Gasteiger partial charge in [-0.2, -0.15) is 0 Å². The molecule has 1 fully saturated rings. The van der Waals surface area contributed by atoms with Crippen molar-refractivity contribution in [3.8, 4) is 0 Å². The quantitative estimate of drug-likeness (QED) is 0.800. The van der Waals surface area contributed by atoms with E-state index in [1.807, 2.05) is 6.07 Å². The maximum absolute atomic E-state index is 6.03. The first-order valence-electron chi connectivity index (χ1n) is 7.11. The van der Waals surface area contributed by atoms with E-state index in [-0.39, 0.29) is 0 Å². The minimum Gasteiger partial charge on any atom is -0.326 e. The third kappa shape index (κ3) is 2.77. The van der Waals surface area contributed by atoms with Gasteiger partial charge in [-0.15, -0.1) is 11.6 Å². The van der Waals surface area contributed by atoms with E-state index in [9.17, 15) is 0 Å². The zero-order chi connectivity index (χ0) is 13.1. The summed E-state index contributed by atoms with van der Waals surface area (Å²) in [5.41, 5.74) is 2.26. The summed E-state index contributed by atoms with van der Waals surface area (Å²) in [6, 6.07) is 8.29. The Bertz CT molecular complexity index is 543. The molecule has 2 heterocycles. The van der Waals surface area contributed by atoms with Gasteiger partial charge < -0.3 is 9.47 Å². The molecule has 2 aromatic rings. The standard InChI is InChI=1S/C15H20ClN3/c16-12-15-17-13-6-2-3-7-14(13)19(15)11-10-18-8-4-1-5-9-18/h2-3,6-7H,1,4-5,8-12H2. The van der Waals surface area contributed by atoms with Crippen molar-refractivity contribution < 1.29 is 0 Å². The maximum atomic E-state index is 6.03. The van der Waals surface area contributed by atoms with Gasteiger partial charge in [-0.1, -0.05) is 18.6 Å². The highest BCUT2D eigenvalue weighted by Crippen LogP contribution is 2.18. The Morgan fingerprint density at radius 2 is 1.84 bits per heavy atom. The van der Waals surface area contributed by atoms with Crippen molar-refractivity contribution in [3.05, 3.63) is 30.1 Å². The topological polar surface area (TPSA) is 21.1 Å². The zero-order valence-electron chi connectivity index (χ0n) is 11.2. The smallest absolute Gasteiger partial charge is 0.124 e. The number of benzene rings is 1. The van der Waals surface area contributed by atoms with Crippen LogP contribution in [0.3, 0.4) is 0 Å². The van der Waals surface area contributed by atoms with Crippen molar-refractivity contribution in [2.45, 2.75) is 31.7 Å². The first kappa shape index (κ1) is 12.9. The lowest BCUT2D eigenvalue weighted by Gasteiger charge is -2.26. The zero-order valence-corrected chi connectivity index (χ0v) is 11.9. The summed E-state index contributed by atoms with van der Waals surface area (Å²) in [5.74, 6) is 1.47. The number of piperidine rings is 1. The Morgan fingerprint density at radius 1 is 1.05 bits per heavy atom. The average molecular weight is 278 g/mol. The van der Waals surface area contributed by atoms with Crippen molar-refractivity contribution >= 4 is 22.6 Å². The molecule has 0 aliphatic carbocycles. The summed E-state index contributed by atoms with van der Waals surface area (Å²) in [5, 5.41) is 0. The maximum Gasteiger partial charge on any atom is 0.124 e. The number of alkyl halides is 1. The first-order chi connectivity index (χ1) is 9.38. The van der Waals surface area contributed by atoms with Crippen molar-refractivity contribution in [2.24, 2.45) is 0 Å². The molecule has 1 saturated heterocycles. The number of rotatable bonds is 4. The average Bonchev–Trinajstić information content (AvgIpc) is 2.84. The second-order valence-corrected chi connectivity index (χ2v) is 5.47. The van der Waals surface area contributed by atoms with Gasteiger partial charge >= 0.3 is 0 Å². The van der Waals surface area contributed by atoms with Crippen LogP contribution in [0.5, 0.6) is 0 Å². The fraction of sp³-hybridized carbons (Fsp3) is 0.533. The number of aromatic nitrogens is 2. The highest BCUT2D eigenvalue weighted by Gasteiger charge is 2.13. The lowest BCUT2D eigenvalue weighted by Crippen LogP contribution is -2.32. The van der Waals surface area contributed by atoms with Gasteiger partial charge in [0.05, 0.1) is 16.9 Å². The molecule has 0 N–H and O–H groups in total. The van der Waals surface area contributed by atoms with E-state index in [4.69, 9.17) is 11.6 Å². The van der Waals surface area contributed by atoms with E-state index in [1.54, 1.807) is 0 Å². The normalized spacial score (nSPS) is 17.1. The van der Waals surface area contributed by atoms with Crippen molar-refractivity contribution in [3.63, 3.8) is 0 Å². The summed E-state index contributed by atoms with van der Waals surface area (Å²) in [7, 11) is 0. The van der Waals surface area contributed by atoms with Crippen molar-refractivity contribution in [2.75, 3.05) is 19.6 Å². The molecule has 102 valence electrons. The molecule has 1 aromatic carbocycles. The summed E-state index contributed by atoms with van der Waals surface area (Å²) in [6.45, 7) is 4.57. The van der Waals surface area contributed by atoms with Crippen molar-refractivity contribution in [1.82, 2.24) is 14.5 Å². The van der Waals surface area contributed by atoms with Crippen molar-refractivity contribution in [1.29, 1.82) is 0 Å². The molecule has 4 heteroatoms. The fourth-order valence-corrected chi connectivity index (χ4v) is 3.11. The lowest BCUT2D eigenvalue weighted by molar-refractivity contribution is 0.221. The molecule has 3 rings (SSSR count). The van der Waals surface area contributed by atoms with E-state index in [0.29, 0.717) is 5.88 Å². The van der Waals surface area contributed by atoms with Crippen LogP contribution in [-0.2, 0) is 12.4 Å². The van der Waals surface area contributed by atoms with Crippen LogP contribution < -0.4 is 0 Å². The largest absolute Gasteiger partial charge is 0.326 e. The lowest BCUT2D eigenvalue weighted by atomic mass is 10.1. The molecule has 19 heavy (non-hydrogen) atoms. The highest BCUT2D eigenvalue weighted by atomic mass is 35.5. The van der Waals surface area contributed by atoms with Crippen LogP contribution >= 0.6 is 11.6 Å². The molecule has 1 aliphatic rings. The number of hydrogen-bond acceptors (Lipinski definition) is 2. The molecule has 1 aromatic heterocycles. The Morgan fingerprint density at radius 3 is 2.63 bits per heavy atom. The van der Waals surface area contributed by atoms with Gasteiger partial charge in [0.2, 0.25) is 0 Å². The molecule has 3 nitrogen and oxygen atoms in total. The van der Waals surface area contributed by atoms with E-state index >= 15 is 0 Å². The third-order valence-electron chi connectivity index (χ3n) is 3.94. The first-order valence-corrected chi connectivity index (χ1v) is 7.64. The fourth-order valence-electron chi connectivity index (χ4n) is 2.90. The Balaban J connectivity index is 1.78. The molecular formula is C15H20ClN3.